The van der Waals surface area contributed by atoms with E-state index in [0.29, 0.717) is 32.6 Å². The topological polar surface area (TPSA) is 94.8 Å². The molecule has 2 amide bonds. The number of likely N-dealkylation sites (N-methyl/N-ethyl adjacent to an activating group) is 1. The standard InChI is InChI=1S/C16H26N6O3/c1-19-8-9-21(15(25)12-22-17-5-6-18-22)13-16(19)3-2-14(24)20(7-4-16)10-11-23/h5-6,23H,2-4,7-13H2,1H3/t16-/m1/s1. The average molecular weight is 350 g/mol. The molecule has 138 valence electrons. The molecule has 2 aliphatic heterocycles. The Morgan fingerprint density at radius 3 is 2.72 bits per heavy atom. The van der Waals surface area contributed by atoms with Gasteiger partial charge in [0.05, 0.1) is 19.0 Å². The fourth-order valence-corrected chi connectivity index (χ4v) is 3.81. The van der Waals surface area contributed by atoms with E-state index in [1.807, 2.05) is 4.90 Å². The molecule has 2 saturated heterocycles. The molecule has 0 aromatic carbocycles. The number of hydrogen-bond donors (Lipinski definition) is 1. The van der Waals surface area contributed by atoms with Crippen molar-refractivity contribution in [2.45, 2.75) is 31.3 Å². The van der Waals surface area contributed by atoms with Gasteiger partial charge in [-0.1, -0.05) is 0 Å². The van der Waals surface area contributed by atoms with Crippen molar-refractivity contribution in [2.75, 3.05) is 46.4 Å². The summed E-state index contributed by atoms with van der Waals surface area (Å²) in [6, 6.07) is 0. The Kier molecular flexibility index (Phi) is 5.33. The largest absolute Gasteiger partial charge is 0.395 e. The van der Waals surface area contributed by atoms with Crippen LogP contribution in [0.15, 0.2) is 12.4 Å². The Morgan fingerprint density at radius 1 is 1.24 bits per heavy atom. The number of amides is 2. The van der Waals surface area contributed by atoms with Crippen LogP contribution in [0.2, 0.25) is 0 Å². The van der Waals surface area contributed by atoms with Crippen LogP contribution in [0.3, 0.4) is 0 Å². The normalized spacial score (nSPS) is 25.4. The van der Waals surface area contributed by atoms with Crippen molar-refractivity contribution < 1.29 is 14.7 Å². The quantitative estimate of drug-likeness (QED) is 0.733. The summed E-state index contributed by atoms with van der Waals surface area (Å²) in [5, 5.41) is 17.1. The van der Waals surface area contributed by atoms with E-state index in [2.05, 4.69) is 22.1 Å². The molecule has 0 radical (unpaired) electrons. The Balaban J connectivity index is 1.69. The van der Waals surface area contributed by atoms with E-state index in [1.54, 1.807) is 17.3 Å². The molecule has 9 heteroatoms. The van der Waals surface area contributed by atoms with Gasteiger partial charge in [-0.15, -0.1) is 0 Å². The summed E-state index contributed by atoms with van der Waals surface area (Å²) in [5.41, 5.74) is -0.189. The van der Waals surface area contributed by atoms with Crippen LogP contribution in [0.5, 0.6) is 0 Å². The van der Waals surface area contributed by atoms with Gasteiger partial charge >= 0.3 is 0 Å². The van der Waals surface area contributed by atoms with Crippen LogP contribution in [0.1, 0.15) is 19.3 Å². The third kappa shape index (κ3) is 3.82. The van der Waals surface area contributed by atoms with Crippen LogP contribution in [-0.2, 0) is 16.1 Å². The molecule has 0 aliphatic carbocycles. The molecular formula is C16H26N6O3. The van der Waals surface area contributed by atoms with Gasteiger partial charge in [0.25, 0.3) is 0 Å². The van der Waals surface area contributed by atoms with Gasteiger partial charge in [-0.25, -0.2) is 0 Å². The van der Waals surface area contributed by atoms with Crippen LogP contribution < -0.4 is 0 Å². The summed E-state index contributed by atoms with van der Waals surface area (Å²) >= 11 is 0. The van der Waals surface area contributed by atoms with E-state index in [-0.39, 0.29) is 30.5 Å². The van der Waals surface area contributed by atoms with Gasteiger partial charge < -0.3 is 14.9 Å². The number of rotatable bonds is 4. The van der Waals surface area contributed by atoms with Gasteiger partial charge in [0, 0.05) is 44.7 Å². The van der Waals surface area contributed by atoms with Crippen molar-refractivity contribution in [1.82, 2.24) is 29.7 Å². The number of carbonyl (C=O) groups excluding carboxylic acids is 2. The smallest absolute Gasteiger partial charge is 0.246 e. The second-order valence-electron chi connectivity index (χ2n) is 6.88. The number of aliphatic hydroxyl groups is 1. The minimum absolute atomic E-state index is 0.00598. The number of aromatic nitrogens is 3. The first-order valence-electron chi connectivity index (χ1n) is 8.76. The molecule has 1 N–H and O–H groups in total. The fraction of sp³-hybridized carbons (Fsp3) is 0.750. The van der Waals surface area contributed by atoms with Gasteiger partial charge in [0.1, 0.15) is 6.54 Å². The van der Waals surface area contributed by atoms with Gasteiger partial charge in [-0.05, 0) is 19.9 Å². The maximum atomic E-state index is 12.6. The lowest BCUT2D eigenvalue weighted by Gasteiger charge is -2.49. The molecule has 0 unspecified atom stereocenters. The van der Waals surface area contributed by atoms with E-state index in [0.717, 1.165) is 19.4 Å². The van der Waals surface area contributed by atoms with Crippen LogP contribution in [-0.4, -0.2) is 98.5 Å². The highest BCUT2D eigenvalue weighted by atomic mass is 16.3. The SMILES string of the molecule is CN1CCN(C(=O)Cn2nccn2)C[C@]12CCC(=O)N(CCO)CC2. The number of piperazine rings is 1. The average Bonchev–Trinajstić information content (AvgIpc) is 3.06. The molecule has 1 atom stereocenters. The summed E-state index contributed by atoms with van der Waals surface area (Å²) in [7, 11) is 2.07. The molecule has 0 bridgehead atoms. The maximum Gasteiger partial charge on any atom is 0.246 e. The maximum absolute atomic E-state index is 12.6. The Bertz CT molecular complexity index is 607. The molecule has 1 spiro atoms. The predicted octanol–water partition coefficient (Wildman–Crippen LogP) is -1.20. The molecule has 1 aromatic heterocycles. The molecule has 2 aliphatic rings. The van der Waals surface area contributed by atoms with Crippen molar-refractivity contribution in [3.63, 3.8) is 0 Å². The second-order valence-corrected chi connectivity index (χ2v) is 6.88. The van der Waals surface area contributed by atoms with Gasteiger partial charge in [0.15, 0.2) is 0 Å². The molecule has 3 heterocycles. The minimum Gasteiger partial charge on any atom is -0.395 e. The first-order valence-corrected chi connectivity index (χ1v) is 8.76. The number of likely N-dealkylation sites (tertiary alicyclic amines) is 1. The van der Waals surface area contributed by atoms with Crippen molar-refractivity contribution in [3.05, 3.63) is 12.4 Å². The molecule has 9 nitrogen and oxygen atoms in total. The van der Waals surface area contributed by atoms with Gasteiger partial charge in [-0.3, -0.25) is 14.5 Å². The van der Waals surface area contributed by atoms with Crippen LogP contribution >= 0.6 is 0 Å². The zero-order chi connectivity index (χ0) is 17.9. The molecule has 25 heavy (non-hydrogen) atoms. The minimum atomic E-state index is -0.189. The highest BCUT2D eigenvalue weighted by Gasteiger charge is 2.43. The Morgan fingerprint density at radius 2 is 2.00 bits per heavy atom. The van der Waals surface area contributed by atoms with Crippen LogP contribution in [0, 0.1) is 0 Å². The number of nitrogens with zero attached hydrogens (tertiary/aromatic N) is 6. The number of carbonyl (C=O) groups is 2. The predicted molar refractivity (Wildman–Crippen MR) is 89.5 cm³/mol. The van der Waals surface area contributed by atoms with Gasteiger partial charge in [0.2, 0.25) is 11.8 Å². The molecule has 1 aromatic rings. The first kappa shape index (κ1) is 17.8. The second kappa shape index (κ2) is 7.49. The van der Waals surface area contributed by atoms with E-state index in [1.165, 1.54) is 4.80 Å². The zero-order valence-corrected chi connectivity index (χ0v) is 14.7. The number of aliphatic hydroxyl groups excluding tert-OH is 1. The van der Waals surface area contributed by atoms with Crippen molar-refractivity contribution in [1.29, 1.82) is 0 Å². The van der Waals surface area contributed by atoms with Crippen molar-refractivity contribution in [2.24, 2.45) is 0 Å². The van der Waals surface area contributed by atoms with Gasteiger partial charge in [-0.2, -0.15) is 15.0 Å². The summed E-state index contributed by atoms with van der Waals surface area (Å²) in [5.74, 6) is 0.0926. The number of β-amino-alcohol motifs (C(OH)–C–C–N with tert-alkyl or cyclic N) is 1. The van der Waals surface area contributed by atoms with Crippen molar-refractivity contribution in [3.8, 4) is 0 Å². The zero-order valence-electron chi connectivity index (χ0n) is 14.7. The van der Waals surface area contributed by atoms with Crippen LogP contribution in [0.25, 0.3) is 0 Å². The summed E-state index contributed by atoms with van der Waals surface area (Å²) in [6.45, 7) is 3.19. The Hall–Kier alpha value is -2.00. The molecular weight excluding hydrogens is 324 g/mol. The summed E-state index contributed by atoms with van der Waals surface area (Å²) < 4.78 is 0. The summed E-state index contributed by atoms with van der Waals surface area (Å²) in [4.78, 5) is 32.2. The Labute approximate surface area is 147 Å². The highest BCUT2D eigenvalue weighted by molar-refractivity contribution is 5.77. The lowest BCUT2D eigenvalue weighted by molar-refractivity contribution is -0.138. The van der Waals surface area contributed by atoms with Crippen molar-refractivity contribution >= 4 is 11.8 Å². The monoisotopic (exact) mass is 350 g/mol. The third-order valence-electron chi connectivity index (χ3n) is 5.47. The lowest BCUT2D eigenvalue weighted by atomic mass is 9.86. The fourth-order valence-electron chi connectivity index (χ4n) is 3.81. The molecule has 2 fully saturated rings. The third-order valence-corrected chi connectivity index (χ3v) is 5.47. The summed E-state index contributed by atoms with van der Waals surface area (Å²) in [6.07, 6.45) is 5.11. The van der Waals surface area contributed by atoms with E-state index >= 15 is 0 Å². The van der Waals surface area contributed by atoms with E-state index in [4.69, 9.17) is 5.11 Å². The molecule has 3 rings (SSSR count). The van der Waals surface area contributed by atoms with E-state index < -0.39 is 0 Å². The van der Waals surface area contributed by atoms with Crippen LogP contribution in [0.4, 0.5) is 0 Å². The highest BCUT2D eigenvalue weighted by Crippen LogP contribution is 2.32. The van der Waals surface area contributed by atoms with E-state index in [9.17, 15) is 9.59 Å². The molecule has 0 saturated carbocycles. The first-order chi connectivity index (χ1) is 12.0. The number of hydrogen-bond acceptors (Lipinski definition) is 6. The lowest BCUT2D eigenvalue weighted by Crippen LogP contribution is -2.62.